The molecule has 6 nitrogen and oxygen atoms in total. The fourth-order valence-electron chi connectivity index (χ4n) is 4.24. The summed E-state index contributed by atoms with van der Waals surface area (Å²) in [4.78, 5) is 28.8. The number of anilines is 1. The first-order chi connectivity index (χ1) is 14.5. The van der Waals surface area contributed by atoms with Crippen molar-refractivity contribution in [3.63, 3.8) is 0 Å². The molecule has 1 unspecified atom stereocenters. The highest BCUT2D eigenvalue weighted by molar-refractivity contribution is 5.99. The molecule has 2 aromatic carbocycles. The predicted octanol–water partition coefficient (Wildman–Crippen LogP) is 4.32. The lowest BCUT2D eigenvalue weighted by atomic mass is 10.0. The number of aryl methyl sites for hydroxylation is 1. The van der Waals surface area contributed by atoms with Crippen LogP contribution in [0.25, 0.3) is 0 Å². The van der Waals surface area contributed by atoms with Gasteiger partial charge in [-0.3, -0.25) is 4.79 Å². The SMILES string of the molecule is CCOC(=O)N1CCC(N2C(=O)c3ccccc3C2Nc2ccc(C)c(F)c2)CC1. The van der Waals surface area contributed by atoms with E-state index in [9.17, 15) is 14.0 Å². The second-order valence-electron chi connectivity index (χ2n) is 7.73. The average Bonchev–Trinajstić information content (AvgIpc) is 3.03. The minimum absolute atomic E-state index is 0.0247. The number of hydrogen-bond acceptors (Lipinski definition) is 4. The lowest BCUT2D eigenvalue weighted by molar-refractivity contribution is 0.0496. The first-order valence-electron chi connectivity index (χ1n) is 10.4. The van der Waals surface area contributed by atoms with E-state index in [1.54, 1.807) is 24.8 Å². The summed E-state index contributed by atoms with van der Waals surface area (Å²) in [5.74, 6) is -0.322. The third-order valence-corrected chi connectivity index (χ3v) is 5.86. The summed E-state index contributed by atoms with van der Waals surface area (Å²) in [5, 5.41) is 3.36. The number of piperidine rings is 1. The van der Waals surface area contributed by atoms with Gasteiger partial charge in [0.05, 0.1) is 6.61 Å². The van der Waals surface area contributed by atoms with Crippen LogP contribution < -0.4 is 5.32 Å². The second-order valence-corrected chi connectivity index (χ2v) is 7.73. The maximum atomic E-state index is 14.1. The molecule has 2 aliphatic heterocycles. The van der Waals surface area contributed by atoms with Gasteiger partial charge in [-0.05, 0) is 50.5 Å². The maximum Gasteiger partial charge on any atom is 0.409 e. The number of hydrogen-bond donors (Lipinski definition) is 1. The zero-order chi connectivity index (χ0) is 21.3. The number of carbonyl (C=O) groups excluding carboxylic acids is 2. The molecule has 0 spiro atoms. The summed E-state index contributed by atoms with van der Waals surface area (Å²) >= 11 is 0. The minimum atomic E-state index is -0.380. The number of nitrogens with one attached hydrogen (secondary N) is 1. The van der Waals surface area contributed by atoms with Crippen molar-refractivity contribution in [3.05, 3.63) is 65.0 Å². The molecular weight excluding hydrogens is 385 g/mol. The van der Waals surface area contributed by atoms with Crippen molar-refractivity contribution in [2.75, 3.05) is 25.0 Å². The van der Waals surface area contributed by atoms with Crippen LogP contribution in [0.4, 0.5) is 14.9 Å². The van der Waals surface area contributed by atoms with Crippen molar-refractivity contribution < 1.29 is 18.7 Å². The van der Waals surface area contributed by atoms with Crippen LogP contribution in [-0.2, 0) is 4.74 Å². The average molecular weight is 411 g/mol. The van der Waals surface area contributed by atoms with E-state index in [1.165, 1.54) is 6.07 Å². The van der Waals surface area contributed by atoms with E-state index < -0.39 is 0 Å². The first-order valence-corrected chi connectivity index (χ1v) is 10.4. The van der Waals surface area contributed by atoms with Crippen LogP contribution in [-0.4, -0.2) is 47.5 Å². The molecule has 4 rings (SSSR count). The summed E-state index contributed by atoms with van der Waals surface area (Å²) in [6.07, 6.45) is 0.643. The zero-order valence-electron chi connectivity index (χ0n) is 17.2. The van der Waals surface area contributed by atoms with Crippen molar-refractivity contribution >= 4 is 17.7 Å². The molecule has 0 aromatic heterocycles. The minimum Gasteiger partial charge on any atom is -0.450 e. The summed E-state index contributed by atoms with van der Waals surface area (Å²) < 4.78 is 19.2. The number of amides is 2. The van der Waals surface area contributed by atoms with Crippen molar-refractivity contribution in [1.82, 2.24) is 9.80 Å². The molecule has 7 heteroatoms. The van der Waals surface area contributed by atoms with Crippen LogP contribution in [0.5, 0.6) is 0 Å². The first kappa shape index (κ1) is 20.2. The Balaban J connectivity index is 1.57. The van der Waals surface area contributed by atoms with Crippen molar-refractivity contribution in [2.24, 2.45) is 0 Å². The number of fused-ring (bicyclic) bond motifs is 1. The Bertz CT molecular complexity index is 956. The number of likely N-dealkylation sites (tertiary alicyclic amines) is 1. The predicted molar refractivity (Wildman–Crippen MR) is 112 cm³/mol. The number of benzene rings is 2. The van der Waals surface area contributed by atoms with Gasteiger partial charge in [0.2, 0.25) is 0 Å². The van der Waals surface area contributed by atoms with E-state index in [0.717, 1.165) is 5.56 Å². The van der Waals surface area contributed by atoms with Gasteiger partial charge in [-0.2, -0.15) is 0 Å². The molecule has 2 amide bonds. The molecule has 1 saturated heterocycles. The van der Waals surface area contributed by atoms with Crippen LogP contribution >= 0.6 is 0 Å². The molecule has 30 heavy (non-hydrogen) atoms. The topological polar surface area (TPSA) is 61.9 Å². The van der Waals surface area contributed by atoms with Gasteiger partial charge in [0.15, 0.2) is 0 Å². The molecule has 2 heterocycles. The van der Waals surface area contributed by atoms with Gasteiger partial charge in [0.25, 0.3) is 5.91 Å². The molecule has 0 bridgehead atoms. The second kappa shape index (κ2) is 8.34. The molecule has 2 aromatic rings. The van der Waals surface area contributed by atoms with E-state index in [1.807, 2.05) is 35.2 Å². The summed E-state index contributed by atoms with van der Waals surface area (Å²) in [6.45, 7) is 4.93. The maximum absolute atomic E-state index is 14.1. The van der Waals surface area contributed by atoms with Gasteiger partial charge < -0.3 is 19.9 Å². The van der Waals surface area contributed by atoms with Gasteiger partial charge >= 0.3 is 6.09 Å². The fraction of sp³-hybridized carbons (Fsp3) is 0.391. The van der Waals surface area contributed by atoms with Crippen LogP contribution in [0.1, 0.15) is 47.4 Å². The van der Waals surface area contributed by atoms with Gasteiger partial charge in [0.1, 0.15) is 12.0 Å². The lowest BCUT2D eigenvalue weighted by Gasteiger charge is -2.39. The van der Waals surface area contributed by atoms with E-state index in [-0.39, 0.29) is 30.0 Å². The molecule has 1 fully saturated rings. The van der Waals surface area contributed by atoms with Crippen LogP contribution in [0, 0.1) is 12.7 Å². The largest absolute Gasteiger partial charge is 0.450 e. The van der Waals surface area contributed by atoms with Crippen LogP contribution in [0.2, 0.25) is 0 Å². The molecule has 1 atom stereocenters. The highest BCUT2D eigenvalue weighted by Gasteiger charge is 2.42. The molecule has 2 aliphatic rings. The van der Waals surface area contributed by atoms with Crippen LogP contribution in [0.15, 0.2) is 42.5 Å². The van der Waals surface area contributed by atoms with Crippen molar-refractivity contribution in [3.8, 4) is 0 Å². The fourth-order valence-corrected chi connectivity index (χ4v) is 4.24. The molecular formula is C23H26FN3O3. The Hall–Kier alpha value is -3.09. The van der Waals surface area contributed by atoms with E-state index in [2.05, 4.69) is 5.32 Å². The Morgan fingerprint density at radius 3 is 2.63 bits per heavy atom. The highest BCUT2D eigenvalue weighted by Crippen LogP contribution is 2.38. The third kappa shape index (κ3) is 3.72. The lowest BCUT2D eigenvalue weighted by Crippen LogP contribution is -2.49. The van der Waals surface area contributed by atoms with Gasteiger partial charge in [0, 0.05) is 35.9 Å². The van der Waals surface area contributed by atoms with Crippen LogP contribution in [0.3, 0.4) is 0 Å². The Kier molecular flexibility index (Phi) is 5.61. The number of carbonyl (C=O) groups is 2. The molecule has 0 radical (unpaired) electrons. The summed E-state index contributed by atoms with van der Waals surface area (Å²) in [7, 11) is 0. The molecule has 0 saturated carbocycles. The zero-order valence-corrected chi connectivity index (χ0v) is 17.2. The van der Waals surface area contributed by atoms with Gasteiger partial charge in [-0.25, -0.2) is 9.18 Å². The monoisotopic (exact) mass is 411 g/mol. The van der Waals surface area contributed by atoms with E-state index in [0.29, 0.717) is 49.4 Å². The van der Waals surface area contributed by atoms with E-state index >= 15 is 0 Å². The van der Waals surface area contributed by atoms with Gasteiger partial charge in [-0.1, -0.05) is 24.3 Å². The number of rotatable bonds is 4. The number of ether oxygens (including phenoxy) is 1. The van der Waals surface area contributed by atoms with Crippen molar-refractivity contribution in [1.29, 1.82) is 0 Å². The normalized spacial score (nSPS) is 19.0. The standard InChI is InChI=1S/C23H26FN3O3/c1-3-30-23(29)26-12-10-17(11-13-26)27-21(18-6-4-5-7-19(18)22(27)28)25-16-9-8-15(2)20(24)14-16/h4-9,14,17,21,25H,3,10-13H2,1-2H3. The Morgan fingerprint density at radius 2 is 1.93 bits per heavy atom. The summed E-state index contributed by atoms with van der Waals surface area (Å²) in [6, 6.07) is 12.5. The third-order valence-electron chi connectivity index (χ3n) is 5.86. The highest BCUT2D eigenvalue weighted by atomic mass is 19.1. The van der Waals surface area contributed by atoms with Crippen molar-refractivity contribution in [2.45, 2.75) is 38.9 Å². The van der Waals surface area contributed by atoms with Gasteiger partial charge in [-0.15, -0.1) is 0 Å². The Morgan fingerprint density at radius 1 is 1.20 bits per heavy atom. The number of halogens is 1. The number of nitrogens with zero attached hydrogens (tertiary/aromatic N) is 2. The smallest absolute Gasteiger partial charge is 0.409 e. The molecule has 0 aliphatic carbocycles. The molecule has 158 valence electrons. The quantitative estimate of drug-likeness (QED) is 0.814. The molecule has 1 N–H and O–H groups in total. The summed E-state index contributed by atoms with van der Waals surface area (Å²) in [5.41, 5.74) is 2.75. The Labute approximate surface area is 175 Å². The van der Waals surface area contributed by atoms with E-state index in [4.69, 9.17) is 4.74 Å².